The highest BCUT2D eigenvalue weighted by atomic mass is 16.8. The number of amides is 1. The zero-order valence-corrected chi connectivity index (χ0v) is 12.7. The third kappa shape index (κ3) is 3.03. The fourth-order valence-electron chi connectivity index (χ4n) is 2.82. The Morgan fingerprint density at radius 3 is 2.53 bits per heavy atom. The number of hydrogen-bond donors (Lipinski definition) is 0. The summed E-state index contributed by atoms with van der Waals surface area (Å²) >= 11 is 0. The Morgan fingerprint density at radius 1 is 1.37 bits per heavy atom. The quantitative estimate of drug-likeness (QED) is 0.735. The average Bonchev–Trinajstić information content (AvgIpc) is 2.66. The van der Waals surface area contributed by atoms with Gasteiger partial charge >= 0.3 is 6.09 Å². The normalized spacial score (nSPS) is 33.4. The Bertz CT molecular complexity index is 361. The van der Waals surface area contributed by atoms with Gasteiger partial charge in [-0.1, -0.05) is 6.92 Å². The number of hydrogen-bond acceptors (Lipinski definition) is 4. The van der Waals surface area contributed by atoms with E-state index in [1.165, 1.54) is 0 Å². The van der Waals surface area contributed by atoms with Crippen LogP contribution in [0.4, 0.5) is 4.79 Å². The van der Waals surface area contributed by atoms with Gasteiger partial charge in [0.25, 0.3) is 0 Å². The van der Waals surface area contributed by atoms with Gasteiger partial charge in [0.15, 0.2) is 5.79 Å². The van der Waals surface area contributed by atoms with Gasteiger partial charge in [0.2, 0.25) is 0 Å². The molecule has 3 atom stereocenters. The summed E-state index contributed by atoms with van der Waals surface area (Å²) in [5.74, 6) is -0.553. The minimum Gasteiger partial charge on any atom is -0.444 e. The smallest absolute Gasteiger partial charge is 0.410 e. The lowest BCUT2D eigenvalue weighted by molar-refractivity contribution is -0.160. The van der Waals surface area contributed by atoms with Crippen molar-refractivity contribution < 1.29 is 19.0 Å². The van der Waals surface area contributed by atoms with E-state index in [2.05, 4.69) is 6.92 Å². The van der Waals surface area contributed by atoms with Crippen LogP contribution in [0.1, 0.15) is 48.0 Å². The van der Waals surface area contributed by atoms with E-state index in [0.29, 0.717) is 6.54 Å². The third-order valence-electron chi connectivity index (χ3n) is 3.42. The van der Waals surface area contributed by atoms with Crippen molar-refractivity contribution >= 4 is 6.09 Å². The molecule has 2 aliphatic heterocycles. The number of carbonyl (C=O) groups excluding carboxylic acids is 1. The fourth-order valence-corrected chi connectivity index (χ4v) is 2.82. The number of nitrogens with zero attached hydrogens (tertiary/aromatic N) is 1. The molecule has 110 valence electrons. The number of likely N-dealkylation sites (tertiary alicyclic amines) is 1. The first kappa shape index (κ1) is 14.6. The van der Waals surface area contributed by atoms with Crippen molar-refractivity contribution in [1.82, 2.24) is 4.90 Å². The van der Waals surface area contributed by atoms with Crippen LogP contribution in [0.3, 0.4) is 0 Å². The summed E-state index contributed by atoms with van der Waals surface area (Å²) in [6.45, 7) is 12.0. The van der Waals surface area contributed by atoms with E-state index in [4.69, 9.17) is 14.2 Å². The highest BCUT2D eigenvalue weighted by Crippen LogP contribution is 2.38. The Hall–Kier alpha value is -0.810. The van der Waals surface area contributed by atoms with E-state index in [0.717, 1.165) is 6.42 Å². The summed E-state index contributed by atoms with van der Waals surface area (Å²) in [7, 11) is 0. The molecule has 0 spiro atoms. The molecule has 5 nitrogen and oxygen atoms in total. The van der Waals surface area contributed by atoms with Crippen LogP contribution >= 0.6 is 0 Å². The molecule has 2 rings (SSSR count). The van der Waals surface area contributed by atoms with E-state index >= 15 is 0 Å². The second-order valence-electron chi connectivity index (χ2n) is 6.75. The van der Waals surface area contributed by atoms with Crippen LogP contribution in [-0.2, 0) is 14.2 Å². The van der Waals surface area contributed by atoms with Crippen LogP contribution in [0.15, 0.2) is 0 Å². The molecule has 1 amide bonds. The van der Waals surface area contributed by atoms with Crippen molar-refractivity contribution in [2.45, 2.75) is 77.6 Å². The zero-order chi connectivity index (χ0) is 14.4. The summed E-state index contributed by atoms with van der Waals surface area (Å²) in [4.78, 5) is 14.0. The molecule has 0 aromatic heterocycles. The summed E-state index contributed by atoms with van der Waals surface area (Å²) in [5.41, 5.74) is -0.478. The van der Waals surface area contributed by atoms with Crippen molar-refractivity contribution in [1.29, 1.82) is 0 Å². The van der Waals surface area contributed by atoms with Crippen molar-refractivity contribution in [2.75, 3.05) is 6.54 Å². The van der Waals surface area contributed by atoms with Gasteiger partial charge in [-0.3, -0.25) is 4.90 Å². The van der Waals surface area contributed by atoms with Crippen LogP contribution in [-0.4, -0.2) is 47.2 Å². The van der Waals surface area contributed by atoms with Crippen molar-refractivity contribution in [2.24, 2.45) is 0 Å². The maximum Gasteiger partial charge on any atom is 0.410 e. The summed E-state index contributed by atoms with van der Waals surface area (Å²) in [5, 5.41) is 0. The highest BCUT2D eigenvalue weighted by molar-refractivity contribution is 5.69. The molecule has 5 heteroatoms. The average molecular weight is 271 g/mol. The molecule has 0 saturated carbocycles. The molecular weight excluding hydrogens is 246 g/mol. The molecule has 2 aliphatic rings. The van der Waals surface area contributed by atoms with Crippen LogP contribution in [0, 0.1) is 0 Å². The Kier molecular flexibility index (Phi) is 3.56. The van der Waals surface area contributed by atoms with Crippen molar-refractivity contribution in [3.8, 4) is 0 Å². The molecule has 2 saturated heterocycles. The lowest BCUT2D eigenvalue weighted by atomic mass is 10.1. The summed E-state index contributed by atoms with van der Waals surface area (Å²) < 4.78 is 17.2. The van der Waals surface area contributed by atoms with Gasteiger partial charge in [-0.15, -0.1) is 0 Å². The van der Waals surface area contributed by atoms with Crippen molar-refractivity contribution in [3.63, 3.8) is 0 Å². The molecule has 0 bridgehead atoms. The highest BCUT2D eigenvalue weighted by Gasteiger charge is 2.53. The summed E-state index contributed by atoms with van der Waals surface area (Å²) in [6, 6.07) is 0.0293. The Labute approximate surface area is 115 Å². The topological polar surface area (TPSA) is 48.0 Å². The lowest BCUT2D eigenvalue weighted by Crippen LogP contribution is -2.44. The van der Waals surface area contributed by atoms with Gasteiger partial charge < -0.3 is 14.2 Å². The van der Waals surface area contributed by atoms with E-state index in [-0.39, 0.29) is 24.3 Å². The first-order valence-electron chi connectivity index (χ1n) is 6.98. The molecule has 0 N–H and O–H groups in total. The van der Waals surface area contributed by atoms with Gasteiger partial charge in [-0.05, 0) is 41.0 Å². The van der Waals surface area contributed by atoms with Gasteiger partial charge in [0.05, 0.1) is 12.6 Å². The van der Waals surface area contributed by atoms with Crippen LogP contribution in [0.5, 0.6) is 0 Å². The SMILES string of the molecule is CC[C@@H]1[C@H]2OC(C)(C)O[C@H]2CN1C(=O)OC(C)(C)C. The molecule has 0 aliphatic carbocycles. The number of rotatable bonds is 1. The molecular formula is C14H25NO4. The maximum absolute atomic E-state index is 12.2. The second kappa shape index (κ2) is 4.63. The van der Waals surface area contributed by atoms with Gasteiger partial charge in [0.1, 0.15) is 17.8 Å². The Balaban J connectivity index is 2.07. The maximum atomic E-state index is 12.2. The predicted octanol–water partition coefficient (Wildman–Crippen LogP) is 2.54. The Morgan fingerprint density at radius 2 is 2.00 bits per heavy atom. The lowest BCUT2D eigenvalue weighted by Gasteiger charge is -2.31. The van der Waals surface area contributed by atoms with E-state index in [1.54, 1.807) is 4.90 Å². The van der Waals surface area contributed by atoms with E-state index < -0.39 is 11.4 Å². The molecule has 0 aromatic rings. The van der Waals surface area contributed by atoms with Crippen LogP contribution in [0.2, 0.25) is 0 Å². The standard InChI is InChI=1S/C14H25NO4/c1-7-9-11-10(17-14(5,6)18-11)8-15(9)12(16)19-13(2,3)4/h9-11H,7-8H2,1-6H3/t9-,10+,11-/m1/s1. The second-order valence-corrected chi connectivity index (χ2v) is 6.75. The molecule has 2 fully saturated rings. The number of carbonyl (C=O) groups is 1. The van der Waals surface area contributed by atoms with Crippen LogP contribution in [0.25, 0.3) is 0 Å². The minimum absolute atomic E-state index is 0.0293. The fraction of sp³-hybridized carbons (Fsp3) is 0.929. The first-order valence-corrected chi connectivity index (χ1v) is 6.98. The molecule has 0 aromatic carbocycles. The van der Waals surface area contributed by atoms with E-state index in [9.17, 15) is 4.79 Å². The van der Waals surface area contributed by atoms with Crippen LogP contribution < -0.4 is 0 Å². The minimum atomic E-state index is -0.553. The monoisotopic (exact) mass is 271 g/mol. The largest absolute Gasteiger partial charge is 0.444 e. The van der Waals surface area contributed by atoms with Gasteiger partial charge in [-0.25, -0.2) is 4.79 Å². The predicted molar refractivity (Wildman–Crippen MR) is 70.8 cm³/mol. The molecule has 2 heterocycles. The number of ether oxygens (including phenoxy) is 3. The van der Waals surface area contributed by atoms with Gasteiger partial charge in [0, 0.05) is 0 Å². The first-order chi connectivity index (χ1) is 8.63. The van der Waals surface area contributed by atoms with Gasteiger partial charge in [-0.2, -0.15) is 0 Å². The number of fused-ring (bicyclic) bond motifs is 1. The van der Waals surface area contributed by atoms with Crippen molar-refractivity contribution in [3.05, 3.63) is 0 Å². The molecule has 19 heavy (non-hydrogen) atoms. The zero-order valence-electron chi connectivity index (χ0n) is 12.7. The van der Waals surface area contributed by atoms with E-state index in [1.807, 2.05) is 34.6 Å². The third-order valence-corrected chi connectivity index (χ3v) is 3.42. The molecule has 0 unspecified atom stereocenters. The molecule has 0 radical (unpaired) electrons. The summed E-state index contributed by atoms with van der Waals surface area (Å²) in [6.07, 6.45) is 0.457.